The molecule has 0 saturated heterocycles. The molecule has 5 nitrogen and oxygen atoms in total. The number of rotatable bonds is 4. The van der Waals surface area contributed by atoms with Crippen molar-refractivity contribution < 1.29 is 30.2 Å². The number of pyridine rings is 2. The summed E-state index contributed by atoms with van der Waals surface area (Å²) >= 11 is 0. The number of nitrogens with zero attached hydrogens (tertiary/aromatic N) is 3. The zero-order chi connectivity index (χ0) is 32.1. The van der Waals surface area contributed by atoms with Gasteiger partial charge in [-0.1, -0.05) is 102 Å². The van der Waals surface area contributed by atoms with Crippen LogP contribution in [0.5, 0.6) is 11.5 Å². The maximum atomic E-state index is 6.62. The van der Waals surface area contributed by atoms with Gasteiger partial charge in [-0.25, -0.2) is 4.98 Å². The SMILES string of the molecule is [Pt+2].[c-]1c(Oc2[c-]c3c(cc2)c2cc(-c4ccccc4)ccc2n3-c2ccccn2)cc2oc3ccc4cccc5c4c3c2c1-c1ncccc1-5. The Morgan fingerprint density at radius 1 is 0.580 bits per heavy atom. The minimum Gasteiger partial charge on any atom is -0.503 e. The molecule has 4 aromatic heterocycles. The Bertz CT molecular complexity index is 2970. The van der Waals surface area contributed by atoms with Crippen LogP contribution in [0.4, 0.5) is 0 Å². The first-order valence-electron chi connectivity index (χ1n) is 16.2. The van der Waals surface area contributed by atoms with Gasteiger partial charge in [-0.3, -0.25) is 0 Å². The molecule has 10 aromatic rings. The van der Waals surface area contributed by atoms with Crippen LogP contribution in [0.2, 0.25) is 0 Å². The fourth-order valence-electron chi connectivity index (χ4n) is 7.59. The molecule has 236 valence electrons. The first-order valence-corrected chi connectivity index (χ1v) is 16.2. The number of hydrogen-bond acceptors (Lipinski definition) is 4. The fourth-order valence-corrected chi connectivity index (χ4v) is 7.59. The molecule has 0 radical (unpaired) electrons. The van der Waals surface area contributed by atoms with Gasteiger partial charge in [0.2, 0.25) is 0 Å². The van der Waals surface area contributed by atoms with E-state index in [1.54, 1.807) is 0 Å². The molecule has 6 heteroatoms. The largest absolute Gasteiger partial charge is 2.00 e. The summed E-state index contributed by atoms with van der Waals surface area (Å²) < 4.78 is 15.3. The van der Waals surface area contributed by atoms with E-state index in [1.807, 2.05) is 54.9 Å². The fraction of sp³-hybridized carbons (Fsp3) is 0. The van der Waals surface area contributed by atoms with Gasteiger partial charge in [0.1, 0.15) is 11.4 Å². The predicted molar refractivity (Wildman–Crippen MR) is 195 cm³/mol. The standard InChI is InChI=1S/C44H23N3O2.Pt/c1-2-8-26(9-3-1)28-14-18-36-34(22-28)31-17-16-29(24-37(31)47(36)40-13-4-5-20-45-40)48-30-23-35-42-39(25-30)49-38-19-15-27-10-6-11-32(41(27)43(38)42)33-12-7-21-46-44(33)35;/h1-22,25H;/q-2;+2. The number of fused-ring (bicyclic) bond motifs is 6. The molecule has 0 spiro atoms. The van der Waals surface area contributed by atoms with Crippen LogP contribution in [0.3, 0.4) is 0 Å². The van der Waals surface area contributed by atoms with Gasteiger partial charge in [-0.15, -0.1) is 23.1 Å². The first kappa shape index (κ1) is 28.9. The molecular formula is C44H23N3O2Pt. The van der Waals surface area contributed by atoms with Crippen LogP contribution in [0, 0.1) is 12.1 Å². The Kier molecular flexibility index (Phi) is 6.36. The molecule has 0 saturated carbocycles. The zero-order valence-corrected chi connectivity index (χ0v) is 28.5. The third-order valence-corrected chi connectivity index (χ3v) is 9.67. The van der Waals surface area contributed by atoms with E-state index in [-0.39, 0.29) is 21.1 Å². The van der Waals surface area contributed by atoms with Crippen LogP contribution < -0.4 is 4.74 Å². The third-order valence-electron chi connectivity index (χ3n) is 9.67. The smallest absolute Gasteiger partial charge is 0.503 e. The van der Waals surface area contributed by atoms with Gasteiger partial charge in [0.15, 0.2) is 0 Å². The normalized spacial score (nSPS) is 11.8. The van der Waals surface area contributed by atoms with Crippen LogP contribution >= 0.6 is 0 Å². The Morgan fingerprint density at radius 3 is 2.36 bits per heavy atom. The molecule has 0 aliphatic heterocycles. The van der Waals surface area contributed by atoms with Crippen LogP contribution in [0.25, 0.3) is 93.8 Å². The number of hydrogen-bond donors (Lipinski definition) is 0. The Labute approximate surface area is 300 Å². The van der Waals surface area contributed by atoms with Crippen LogP contribution in [0.1, 0.15) is 0 Å². The van der Waals surface area contributed by atoms with E-state index in [2.05, 4.69) is 102 Å². The minimum atomic E-state index is 0. The molecule has 11 rings (SSSR count). The molecule has 0 amide bonds. The van der Waals surface area contributed by atoms with E-state index in [0.717, 1.165) is 82.9 Å². The third kappa shape index (κ3) is 4.17. The molecule has 0 N–H and O–H groups in total. The van der Waals surface area contributed by atoms with Gasteiger partial charge in [-0.05, 0) is 79.8 Å². The molecule has 0 bridgehead atoms. The Hall–Kier alpha value is -6.03. The van der Waals surface area contributed by atoms with Crippen LogP contribution in [0.15, 0.2) is 144 Å². The van der Waals surface area contributed by atoms with Gasteiger partial charge < -0.3 is 18.7 Å². The van der Waals surface area contributed by atoms with Crippen molar-refractivity contribution in [3.05, 3.63) is 152 Å². The van der Waals surface area contributed by atoms with Gasteiger partial charge in [0.25, 0.3) is 0 Å². The molecule has 4 heterocycles. The summed E-state index contributed by atoms with van der Waals surface area (Å²) in [6.45, 7) is 0. The number of ether oxygens (including phenoxy) is 1. The number of aromatic nitrogens is 3. The Balaban J connectivity index is 0.00000316. The quantitative estimate of drug-likeness (QED) is 0.166. The van der Waals surface area contributed by atoms with E-state index in [1.165, 1.54) is 10.9 Å². The van der Waals surface area contributed by atoms with Crippen molar-refractivity contribution in [3.8, 4) is 50.8 Å². The second-order valence-corrected chi connectivity index (χ2v) is 12.4. The maximum absolute atomic E-state index is 6.62. The summed E-state index contributed by atoms with van der Waals surface area (Å²) in [4.78, 5) is 9.60. The van der Waals surface area contributed by atoms with Crippen molar-refractivity contribution in [2.75, 3.05) is 0 Å². The van der Waals surface area contributed by atoms with Crippen molar-refractivity contribution in [1.29, 1.82) is 0 Å². The van der Waals surface area contributed by atoms with Gasteiger partial charge in [0.05, 0.1) is 5.58 Å². The average molecular weight is 821 g/mol. The summed E-state index contributed by atoms with van der Waals surface area (Å²) in [6, 6.07) is 50.9. The van der Waals surface area contributed by atoms with Crippen LogP contribution in [-0.2, 0) is 21.1 Å². The van der Waals surface area contributed by atoms with Crippen molar-refractivity contribution in [1.82, 2.24) is 14.5 Å². The monoisotopic (exact) mass is 820 g/mol. The van der Waals surface area contributed by atoms with Crippen molar-refractivity contribution in [2.24, 2.45) is 0 Å². The van der Waals surface area contributed by atoms with E-state index in [0.29, 0.717) is 11.5 Å². The zero-order valence-electron chi connectivity index (χ0n) is 26.3. The van der Waals surface area contributed by atoms with Gasteiger partial charge in [0, 0.05) is 29.4 Å². The van der Waals surface area contributed by atoms with E-state index in [4.69, 9.17) is 19.1 Å². The predicted octanol–water partition coefficient (Wildman–Crippen LogP) is 11.3. The molecule has 0 fully saturated rings. The average Bonchev–Trinajstić information content (AvgIpc) is 3.66. The molecule has 50 heavy (non-hydrogen) atoms. The summed E-state index contributed by atoms with van der Waals surface area (Å²) in [5.74, 6) is 1.91. The van der Waals surface area contributed by atoms with E-state index >= 15 is 0 Å². The van der Waals surface area contributed by atoms with Crippen molar-refractivity contribution >= 4 is 54.5 Å². The van der Waals surface area contributed by atoms with Crippen molar-refractivity contribution in [3.63, 3.8) is 0 Å². The topological polar surface area (TPSA) is 53.1 Å². The summed E-state index contributed by atoms with van der Waals surface area (Å²) in [6.07, 6.45) is 3.65. The van der Waals surface area contributed by atoms with Gasteiger partial charge >= 0.3 is 21.1 Å². The van der Waals surface area contributed by atoms with E-state index in [9.17, 15) is 0 Å². The summed E-state index contributed by atoms with van der Waals surface area (Å²) in [5, 5.41) is 6.61. The van der Waals surface area contributed by atoms with E-state index < -0.39 is 0 Å². The minimum absolute atomic E-state index is 0. The van der Waals surface area contributed by atoms with Crippen molar-refractivity contribution in [2.45, 2.75) is 0 Å². The molecule has 0 atom stereocenters. The number of benzene rings is 6. The maximum Gasteiger partial charge on any atom is 2.00 e. The van der Waals surface area contributed by atoms with Crippen LogP contribution in [-0.4, -0.2) is 14.5 Å². The molecule has 1 aliphatic rings. The summed E-state index contributed by atoms with van der Waals surface area (Å²) in [5.41, 5.74) is 9.73. The first-order chi connectivity index (χ1) is 24.3. The Morgan fingerprint density at radius 2 is 1.46 bits per heavy atom. The van der Waals surface area contributed by atoms with Gasteiger partial charge in [-0.2, -0.15) is 6.07 Å². The second kappa shape index (κ2) is 11.0. The molecule has 0 unspecified atom stereocenters. The molecule has 1 aliphatic carbocycles. The molecule has 6 aromatic carbocycles. The summed E-state index contributed by atoms with van der Waals surface area (Å²) in [7, 11) is 0. The number of furan rings is 1. The molecular weight excluding hydrogens is 798 g/mol. The second-order valence-electron chi connectivity index (χ2n) is 12.4.